The van der Waals surface area contributed by atoms with Gasteiger partial charge in [-0.3, -0.25) is 4.57 Å². The van der Waals surface area contributed by atoms with E-state index in [-0.39, 0.29) is 17.4 Å². The summed E-state index contributed by atoms with van der Waals surface area (Å²) in [6, 6.07) is 12.8. The first-order chi connectivity index (χ1) is 16.2. The van der Waals surface area contributed by atoms with Crippen LogP contribution in [-0.2, 0) is 4.57 Å². The van der Waals surface area contributed by atoms with E-state index >= 15 is 0 Å². The average Bonchev–Trinajstić information content (AvgIpc) is 3.66. The normalized spacial score (nSPS) is 23.4. The third-order valence-electron chi connectivity index (χ3n) is 7.31. The van der Waals surface area contributed by atoms with Crippen molar-refractivity contribution >= 4 is 7.37 Å². The van der Waals surface area contributed by atoms with Gasteiger partial charge in [-0.2, -0.15) is 0 Å². The summed E-state index contributed by atoms with van der Waals surface area (Å²) in [4.78, 5) is 9.93. The Kier molecular flexibility index (Phi) is 7.99. The van der Waals surface area contributed by atoms with Crippen LogP contribution in [0.4, 0.5) is 8.78 Å². The van der Waals surface area contributed by atoms with Gasteiger partial charge in [0.25, 0.3) is 6.43 Å². The minimum Gasteiger partial charge on any atom is -0.497 e. The van der Waals surface area contributed by atoms with E-state index in [1.165, 1.54) is 12.7 Å². The molecule has 0 aliphatic heterocycles. The Morgan fingerprint density at radius 3 is 2.38 bits per heavy atom. The van der Waals surface area contributed by atoms with Crippen LogP contribution >= 0.6 is 7.37 Å². The van der Waals surface area contributed by atoms with Gasteiger partial charge < -0.3 is 14.4 Å². The van der Waals surface area contributed by atoms with Crippen molar-refractivity contribution in [2.75, 3.05) is 26.5 Å². The van der Waals surface area contributed by atoms with E-state index < -0.39 is 13.8 Å². The van der Waals surface area contributed by atoms with Crippen molar-refractivity contribution < 1.29 is 27.7 Å². The summed E-state index contributed by atoms with van der Waals surface area (Å²) in [6.45, 7) is 2.03. The smallest absolute Gasteiger partial charge is 0.264 e. The fourth-order valence-electron chi connectivity index (χ4n) is 5.31. The lowest BCUT2D eigenvalue weighted by Gasteiger charge is -2.30. The number of alkyl halides is 2. The second-order valence-corrected chi connectivity index (χ2v) is 12.5. The lowest BCUT2D eigenvalue weighted by Crippen LogP contribution is -2.20. The lowest BCUT2D eigenvalue weighted by molar-refractivity contribution is 0.148. The predicted octanol–water partition coefficient (Wildman–Crippen LogP) is 7.38. The second kappa shape index (κ2) is 10.8. The molecule has 186 valence electrons. The van der Waals surface area contributed by atoms with Gasteiger partial charge in [0.15, 0.2) is 7.37 Å². The molecule has 1 N–H and O–H groups in total. The molecule has 4 rings (SSSR count). The Morgan fingerprint density at radius 2 is 1.76 bits per heavy atom. The molecule has 2 fully saturated rings. The van der Waals surface area contributed by atoms with Gasteiger partial charge in [-0.15, -0.1) is 0 Å². The van der Waals surface area contributed by atoms with Crippen molar-refractivity contribution in [3.63, 3.8) is 0 Å². The molecule has 0 radical (unpaired) electrons. The minimum absolute atomic E-state index is 0.103. The van der Waals surface area contributed by atoms with E-state index in [0.29, 0.717) is 35.9 Å². The average molecular weight is 493 g/mol. The van der Waals surface area contributed by atoms with Gasteiger partial charge in [0.05, 0.1) is 13.7 Å². The maximum absolute atomic E-state index is 13.5. The van der Waals surface area contributed by atoms with Crippen LogP contribution in [0.25, 0.3) is 0 Å². The summed E-state index contributed by atoms with van der Waals surface area (Å²) < 4.78 is 50.5. The van der Waals surface area contributed by atoms with Gasteiger partial charge in [-0.05, 0) is 104 Å². The summed E-state index contributed by atoms with van der Waals surface area (Å²) in [7, 11) is -1.54. The Morgan fingerprint density at radius 1 is 1.03 bits per heavy atom. The Bertz CT molecular complexity index is 1010. The van der Waals surface area contributed by atoms with Crippen LogP contribution in [0.5, 0.6) is 11.5 Å². The third-order valence-corrected chi connectivity index (χ3v) is 8.38. The number of hydrogen-bond acceptors (Lipinski definition) is 3. The highest BCUT2D eigenvalue weighted by atomic mass is 31.2. The standard InChI is InChI=1S/C27H35F2O4P/c1-32-22-12-13-24(27(28)29)25(15-22)19-8-6-18(7-9-19)16-33-23-5-3-4-21(14-23)26(20-10-11-20)17-34(2,30)31/h3-5,12-15,18-20,26-27H,6-11,16-17H2,1-2H3,(H,30,31)/t18?,19?,26-/m0/s1. The molecule has 34 heavy (non-hydrogen) atoms. The minimum atomic E-state index is -3.10. The largest absolute Gasteiger partial charge is 0.497 e. The number of methoxy groups -OCH3 is 1. The van der Waals surface area contributed by atoms with Crippen LogP contribution < -0.4 is 9.47 Å². The van der Waals surface area contributed by atoms with Gasteiger partial charge >= 0.3 is 0 Å². The molecule has 4 nitrogen and oxygen atoms in total. The van der Waals surface area contributed by atoms with Crippen LogP contribution in [0.2, 0.25) is 0 Å². The van der Waals surface area contributed by atoms with E-state index in [1.54, 1.807) is 19.2 Å². The van der Waals surface area contributed by atoms with Gasteiger partial charge in [0.1, 0.15) is 11.5 Å². The SMILES string of the molecule is COc1ccc(C(F)F)c(C2CCC(COc3cccc([C@@H](CP(C)(=O)O)C4CC4)c3)CC2)c1. The molecular weight excluding hydrogens is 457 g/mol. The maximum Gasteiger partial charge on any atom is 0.264 e. The number of ether oxygens (including phenoxy) is 2. The summed E-state index contributed by atoms with van der Waals surface area (Å²) in [6.07, 6.45) is 3.62. The van der Waals surface area contributed by atoms with E-state index in [0.717, 1.165) is 49.8 Å². The van der Waals surface area contributed by atoms with Crippen molar-refractivity contribution in [3.8, 4) is 11.5 Å². The topological polar surface area (TPSA) is 55.8 Å². The van der Waals surface area contributed by atoms with Crippen LogP contribution in [0.1, 0.15) is 73.5 Å². The molecule has 1 unspecified atom stereocenters. The molecule has 0 spiro atoms. The molecule has 2 aromatic carbocycles. The summed E-state index contributed by atoms with van der Waals surface area (Å²) in [5.74, 6) is 2.50. The molecular formula is C27H35F2O4P. The van der Waals surface area contributed by atoms with E-state index in [9.17, 15) is 18.2 Å². The molecule has 2 aliphatic rings. The molecule has 0 aromatic heterocycles. The van der Waals surface area contributed by atoms with Crippen LogP contribution in [0.15, 0.2) is 42.5 Å². The highest BCUT2D eigenvalue weighted by Crippen LogP contribution is 2.51. The van der Waals surface area contributed by atoms with Gasteiger partial charge in [0, 0.05) is 18.4 Å². The summed E-state index contributed by atoms with van der Waals surface area (Å²) in [5, 5.41) is 0. The maximum atomic E-state index is 13.5. The highest BCUT2D eigenvalue weighted by molar-refractivity contribution is 7.57. The quantitative estimate of drug-likeness (QED) is 0.352. The first-order valence-corrected chi connectivity index (χ1v) is 14.5. The van der Waals surface area contributed by atoms with E-state index in [2.05, 4.69) is 0 Å². The number of hydrogen-bond donors (Lipinski definition) is 1. The number of benzene rings is 2. The summed E-state index contributed by atoms with van der Waals surface area (Å²) >= 11 is 0. The molecule has 2 atom stereocenters. The molecule has 2 saturated carbocycles. The molecule has 0 bridgehead atoms. The first-order valence-electron chi connectivity index (χ1n) is 12.2. The van der Waals surface area contributed by atoms with Crippen molar-refractivity contribution in [1.29, 1.82) is 0 Å². The zero-order chi connectivity index (χ0) is 24.3. The van der Waals surface area contributed by atoms with Crippen molar-refractivity contribution in [2.24, 2.45) is 11.8 Å². The fraction of sp³-hybridized carbons (Fsp3) is 0.556. The zero-order valence-corrected chi connectivity index (χ0v) is 20.9. The zero-order valence-electron chi connectivity index (χ0n) is 20.0. The predicted molar refractivity (Wildman–Crippen MR) is 131 cm³/mol. The lowest BCUT2D eigenvalue weighted by atomic mass is 9.77. The van der Waals surface area contributed by atoms with E-state index in [4.69, 9.17) is 9.47 Å². The third kappa shape index (κ3) is 6.60. The van der Waals surface area contributed by atoms with Crippen LogP contribution in [0, 0.1) is 11.8 Å². The van der Waals surface area contributed by atoms with Crippen LogP contribution in [0.3, 0.4) is 0 Å². The molecule has 0 saturated heterocycles. The Labute approximate surface area is 201 Å². The van der Waals surface area contributed by atoms with Crippen LogP contribution in [-0.4, -0.2) is 31.4 Å². The fourth-order valence-corrected chi connectivity index (χ4v) is 6.55. The molecule has 7 heteroatoms. The van der Waals surface area contributed by atoms with Gasteiger partial charge in [-0.1, -0.05) is 12.1 Å². The molecule has 2 aromatic rings. The number of rotatable bonds is 10. The van der Waals surface area contributed by atoms with Gasteiger partial charge in [0.2, 0.25) is 0 Å². The van der Waals surface area contributed by atoms with Crippen molar-refractivity contribution in [3.05, 3.63) is 59.2 Å². The summed E-state index contributed by atoms with van der Waals surface area (Å²) in [5.41, 5.74) is 1.91. The highest BCUT2D eigenvalue weighted by Gasteiger charge is 2.35. The van der Waals surface area contributed by atoms with E-state index in [1.807, 2.05) is 24.3 Å². The number of halogens is 2. The Balaban J connectivity index is 1.34. The monoisotopic (exact) mass is 492 g/mol. The Hall–Kier alpha value is -1.91. The molecule has 0 amide bonds. The second-order valence-electron chi connectivity index (χ2n) is 10.1. The first kappa shape index (κ1) is 25.2. The van der Waals surface area contributed by atoms with Gasteiger partial charge in [-0.25, -0.2) is 8.78 Å². The van der Waals surface area contributed by atoms with Crippen molar-refractivity contribution in [2.45, 2.75) is 56.8 Å². The van der Waals surface area contributed by atoms with Crippen molar-refractivity contribution in [1.82, 2.24) is 0 Å². The molecule has 2 aliphatic carbocycles. The molecule has 0 heterocycles.